The van der Waals surface area contributed by atoms with E-state index in [-0.39, 0.29) is 48.0 Å². The molecule has 0 aromatic carbocycles. The van der Waals surface area contributed by atoms with E-state index < -0.39 is 5.97 Å². The molecule has 134 valence electrons. The minimum atomic E-state index is -2.45. The quantitative estimate of drug-likeness (QED) is 0.154. The van der Waals surface area contributed by atoms with Crippen molar-refractivity contribution in [3.8, 4) is 0 Å². The molecule has 0 saturated heterocycles. The molecular weight excluding hydrogens is 326 g/mol. The Morgan fingerprint density at radius 2 is 1.14 bits per heavy atom. The van der Waals surface area contributed by atoms with Gasteiger partial charge in [0.15, 0.2) is 0 Å². The molecule has 0 aromatic rings. The average molecular weight is 359 g/mol. The molecule has 0 unspecified atom stereocenters. The number of aliphatic hydroxyl groups excluding tert-OH is 3. The first-order chi connectivity index (χ1) is 9.91. The molecule has 0 saturated carbocycles. The summed E-state index contributed by atoms with van der Waals surface area (Å²) in [5.41, 5.74) is 0. The van der Waals surface area contributed by atoms with Crippen LogP contribution in [-0.2, 0) is 21.7 Å². The molecule has 8 heteroatoms. The first-order valence-electron chi connectivity index (χ1n) is 7.63. The predicted molar refractivity (Wildman–Crippen MR) is 80.5 cm³/mol. The Balaban J connectivity index is -0.000000315. The molecule has 0 amide bonds. The summed E-state index contributed by atoms with van der Waals surface area (Å²) >= 11 is 0. The van der Waals surface area contributed by atoms with Crippen molar-refractivity contribution in [1.82, 2.24) is 4.90 Å². The van der Waals surface area contributed by atoms with Gasteiger partial charge in [-0.1, -0.05) is 32.6 Å². The van der Waals surface area contributed by atoms with Crippen molar-refractivity contribution in [2.45, 2.75) is 51.4 Å². The first-order valence-corrected chi connectivity index (χ1v) is 7.63. The van der Waals surface area contributed by atoms with Gasteiger partial charge in [0.1, 0.15) is 0 Å². The van der Waals surface area contributed by atoms with E-state index in [4.69, 9.17) is 30.6 Å². The van der Waals surface area contributed by atoms with E-state index in [1.165, 1.54) is 12.8 Å². The van der Waals surface area contributed by atoms with Gasteiger partial charge in [0.25, 0.3) is 5.97 Å². The van der Waals surface area contributed by atoms with Gasteiger partial charge in [0.2, 0.25) is 0 Å². The molecule has 0 spiro atoms. The maximum atomic E-state index is 8.49. The second-order valence-electron chi connectivity index (χ2n) is 4.95. The molecule has 0 aliphatic heterocycles. The fourth-order valence-electron chi connectivity index (χ4n) is 1.73. The van der Waals surface area contributed by atoms with Crippen LogP contribution >= 0.6 is 0 Å². The van der Waals surface area contributed by atoms with E-state index in [0.29, 0.717) is 26.1 Å². The fourth-order valence-corrected chi connectivity index (χ4v) is 1.73. The zero-order chi connectivity index (χ0) is 16.6. The first kappa shape index (κ1) is 27.3. The molecule has 0 fully saturated rings. The Kier molecular flexibility index (Phi) is 24.2. The molecular formula is C14H33NO6Ti. The molecule has 0 aliphatic carbocycles. The predicted octanol–water partition coefficient (Wildman–Crippen LogP) is -0.760. The monoisotopic (exact) mass is 359 g/mol. The van der Waals surface area contributed by atoms with Crippen LogP contribution in [0.4, 0.5) is 0 Å². The van der Waals surface area contributed by atoms with Crippen LogP contribution in [0.2, 0.25) is 0 Å². The summed E-state index contributed by atoms with van der Waals surface area (Å²) in [6, 6.07) is 0. The smallest absolute Gasteiger partial charge is 0.275 e. The Labute approximate surface area is 148 Å². The number of hydrogen-bond donors (Lipinski definition) is 6. The van der Waals surface area contributed by atoms with Crippen LogP contribution in [0.25, 0.3) is 0 Å². The van der Waals surface area contributed by atoms with Crippen LogP contribution in [0, 0.1) is 0 Å². The van der Waals surface area contributed by atoms with Crippen LogP contribution in [0.5, 0.6) is 0 Å². The third-order valence-corrected chi connectivity index (χ3v) is 2.86. The van der Waals surface area contributed by atoms with Gasteiger partial charge < -0.3 is 30.6 Å². The van der Waals surface area contributed by atoms with E-state index in [2.05, 4.69) is 6.92 Å². The second kappa shape index (κ2) is 19.5. The van der Waals surface area contributed by atoms with Gasteiger partial charge in [-0.25, -0.2) is 0 Å². The van der Waals surface area contributed by atoms with Crippen LogP contribution < -0.4 is 0 Å². The van der Waals surface area contributed by atoms with Gasteiger partial charge in [-0.05, 0) is 6.42 Å². The maximum absolute atomic E-state index is 8.49. The summed E-state index contributed by atoms with van der Waals surface area (Å²) < 4.78 is 0. The van der Waals surface area contributed by atoms with Crippen molar-refractivity contribution in [2.75, 3.05) is 39.5 Å². The molecule has 0 radical (unpaired) electrons. The van der Waals surface area contributed by atoms with E-state index in [0.717, 1.165) is 12.8 Å². The Hall–Kier alpha value is 0.434. The van der Waals surface area contributed by atoms with Crippen LogP contribution in [0.1, 0.15) is 45.4 Å². The standard InChI is InChI=1S/C8H18O3.C6H15NO3.Ti/c1-2-3-4-5-6-7-8(9,10)11;8-4-1-7(2-5-9)3-6-10;/h9-11H,2-7H2,1H3;8-10H,1-6H2;. The number of aliphatic hydroxyl groups is 6. The van der Waals surface area contributed by atoms with Gasteiger partial charge in [-0.15, -0.1) is 0 Å². The van der Waals surface area contributed by atoms with Gasteiger partial charge in [0.05, 0.1) is 19.8 Å². The maximum Gasteiger partial charge on any atom is 0.275 e. The van der Waals surface area contributed by atoms with Crippen molar-refractivity contribution in [1.29, 1.82) is 0 Å². The summed E-state index contributed by atoms with van der Waals surface area (Å²) in [7, 11) is 0. The van der Waals surface area contributed by atoms with Gasteiger partial charge in [-0.2, -0.15) is 0 Å². The van der Waals surface area contributed by atoms with Crippen molar-refractivity contribution in [3.05, 3.63) is 0 Å². The zero-order valence-corrected chi connectivity index (χ0v) is 15.2. The number of rotatable bonds is 12. The molecule has 22 heavy (non-hydrogen) atoms. The van der Waals surface area contributed by atoms with Crippen molar-refractivity contribution < 1.29 is 52.4 Å². The topological polar surface area (TPSA) is 125 Å². The van der Waals surface area contributed by atoms with Crippen molar-refractivity contribution in [2.24, 2.45) is 0 Å². The van der Waals surface area contributed by atoms with Crippen molar-refractivity contribution in [3.63, 3.8) is 0 Å². The molecule has 0 atom stereocenters. The normalized spacial score (nSPS) is 10.9. The third-order valence-electron chi connectivity index (χ3n) is 2.86. The Bertz CT molecular complexity index is 190. The largest absolute Gasteiger partial charge is 0.395 e. The molecule has 0 bridgehead atoms. The van der Waals surface area contributed by atoms with Gasteiger partial charge in [-0.3, -0.25) is 4.90 Å². The molecule has 6 N–H and O–H groups in total. The molecule has 0 rings (SSSR count). The molecule has 7 nitrogen and oxygen atoms in total. The van der Waals surface area contributed by atoms with Crippen LogP contribution in [0.3, 0.4) is 0 Å². The summed E-state index contributed by atoms with van der Waals surface area (Å²) in [5, 5.41) is 50.9. The molecule has 0 heterocycles. The second-order valence-corrected chi connectivity index (χ2v) is 4.95. The van der Waals surface area contributed by atoms with Gasteiger partial charge in [0, 0.05) is 47.8 Å². The summed E-state index contributed by atoms with van der Waals surface area (Å²) in [6.07, 6.45) is 5.13. The summed E-state index contributed by atoms with van der Waals surface area (Å²) in [5.74, 6) is -2.45. The van der Waals surface area contributed by atoms with Crippen molar-refractivity contribution >= 4 is 0 Å². The Morgan fingerprint density at radius 3 is 1.45 bits per heavy atom. The molecule has 0 aromatic heterocycles. The van der Waals surface area contributed by atoms with E-state index >= 15 is 0 Å². The van der Waals surface area contributed by atoms with E-state index in [9.17, 15) is 0 Å². The minimum Gasteiger partial charge on any atom is -0.395 e. The van der Waals surface area contributed by atoms with E-state index in [1.807, 2.05) is 0 Å². The van der Waals surface area contributed by atoms with E-state index in [1.54, 1.807) is 4.90 Å². The number of hydrogen-bond acceptors (Lipinski definition) is 7. The number of unbranched alkanes of at least 4 members (excludes halogenated alkanes) is 4. The van der Waals surface area contributed by atoms with Crippen LogP contribution in [-0.4, -0.2) is 81.0 Å². The summed E-state index contributed by atoms with van der Waals surface area (Å²) in [4.78, 5) is 1.79. The SMILES string of the molecule is CCCCCCCC(O)(O)O.OCCN(CCO)CCO.[Ti]. The molecule has 0 aliphatic rings. The fraction of sp³-hybridized carbons (Fsp3) is 1.00. The average Bonchev–Trinajstić information content (AvgIpc) is 2.39. The third kappa shape index (κ3) is 25.4. The number of nitrogens with zero attached hydrogens (tertiary/aromatic N) is 1. The van der Waals surface area contributed by atoms with Crippen LogP contribution in [0.15, 0.2) is 0 Å². The summed E-state index contributed by atoms with van der Waals surface area (Å²) in [6.45, 7) is 3.87. The zero-order valence-electron chi connectivity index (χ0n) is 13.6. The Morgan fingerprint density at radius 1 is 0.727 bits per heavy atom. The van der Waals surface area contributed by atoms with Gasteiger partial charge >= 0.3 is 0 Å². The minimum absolute atomic E-state index is 0.